The van der Waals surface area contributed by atoms with Crippen molar-refractivity contribution in [3.8, 4) is 0 Å². The molecule has 1 saturated carbocycles. The van der Waals surface area contributed by atoms with Crippen molar-refractivity contribution in [2.24, 2.45) is 0 Å². The Morgan fingerprint density at radius 2 is 1.95 bits per heavy atom. The van der Waals surface area contributed by atoms with Crippen LogP contribution in [0.3, 0.4) is 0 Å². The number of benzene rings is 1. The van der Waals surface area contributed by atoms with E-state index in [1.54, 1.807) is 12.1 Å². The number of carbonyl (C=O) groups is 2. The number of amides is 1. The van der Waals surface area contributed by atoms with Gasteiger partial charge in [0.2, 0.25) is 0 Å². The smallest absolute Gasteiger partial charge is 0.340 e. The van der Waals surface area contributed by atoms with Crippen LogP contribution in [0.1, 0.15) is 37.0 Å². The fraction of sp³-hybridized carbons (Fsp3) is 0.467. The van der Waals surface area contributed by atoms with E-state index in [0.717, 1.165) is 12.8 Å². The quantitative estimate of drug-likeness (QED) is 0.796. The number of hydrogen-bond donors (Lipinski definition) is 1. The normalized spacial score (nSPS) is 15.9. The highest BCUT2D eigenvalue weighted by Gasteiger charge is 2.28. The molecule has 7 heteroatoms. The third kappa shape index (κ3) is 3.85. The highest BCUT2D eigenvalue weighted by Crippen LogP contribution is 2.20. The van der Waals surface area contributed by atoms with E-state index in [4.69, 9.17) is 4.74 Å². The van der Waals surface area contributed by atoms with Crippen molar-refractivity contribution in [3.63, 3.8) is 0 Å². The minimum Gasteiger partial charge on any atom is -0.449 e. The molecule has 1 aliphatic rings. The average molecular weight is 325 g/mol. The van der Waals surface area contributed by atoms with E-state index >= 15 is 0 Å². The first kappa shape index (κ1) is 16.5. The van der Waals surface area contributed by atoms with E-state index in [0.29, 0.717) is 0 Å². The molecule has 0 bridgehead atoms. The molecule has 1 aromatic carbocycles. The summed E-state index contributed by atoms with van der Waals surface area (Å²) in [5.41, 5.74) is -0.0459. The number of carbonyl (C=O) groups excluding carboxylic acids is 2. The second-order valence-corrected chi connectivity index (χ2v) is 7.48. The first-order chi connectivity index (χ1) is 10.3. The van der Waals surface area contributed by atoms with Crippen molar-refractivity contribution in [1.82, 2.24) is 5.32 Å². The van der Waals surface area contributed by atoms with Gasteiger partial charge in [-0.3, -0.25) is 4.79 Å². The van der Waals surface area contributed by atoms with Crippen LogP contribution in [0.15, 0.2) is 29.2 Å². The minimum absolute atomic E-state index is 0.0459. The molecule has 1 aromatic rings. The lowest BCUT2D eigenvalue weighted by Gasteiger charge is -2.14. The van der Waals surface area contributed by atoms with Crippen LogP contribution in [0.5, 0.6) is 0 Å². The summed E-state index contributed by atoms with van der Waals surface area (Å²) in [7, 11) is -3.54. The maximum Gasteiger partial charge on any atom is 0.340 e. The Kier molecular flexibility index (Phi) is 4.85. The third-order valence-corrected chi connectivity index (χ3v) is 5.19. The van der Waals surface area contributed by atoms with Gasteiger partial charge in [-0.25, -0.2) is 13.2 Å². The van der Waals surface area contributed by atoms with Gasteiger partial charge in [0.1, 0.15) is 0 Å². The van der Waals surface area contributed by atoms with Gasteiger partial charge in [0.25, 0.3) is 5.91 Å². The molecule has 0 spiro atoms. The standard InChI is InChI=1S/C15H19NO5S/c1-3-22(19,20)13-7-5-4-6-12(13)15(18)21-10(2)14(17)16-11-8-9-11/h4-7,10-11H,3,8-9H2,1-2H3,(H,16,17)/t10-/m0/s1. The maximum absolute atomic E-state index is 12.2. The molecule has 6 nitrogen and oxygen atoms in total. The fourth-order valence-corrected chi connectivity index (χ4v) is 2.97. The molecule has 1 amide bonds. The fourth-order valence-electron chi connectivity index (χ4n) is 1.89. The second kappa shape index (κ2) is 6.48. The van der Waals surface area contributed by atoms with Gasteiger partial charge in [-0.2, -0.15) is 0 Å². The number of ether oxygens (including phenoxy) is 1. The van der Waals surface area contributed by atoms with E-state index in [9.17, 15) is 18.0 Å². The zero-order valence-electron chi connectivity index (χ0n) is 12.5. The summed E-state index contributed by atoms with van der Waals surface area (Å²) in [5.74, 6) is -1.30. The van der Waals surface area contributed by atoms with E-state index in [2.05, 4.69) is 5.32 Å². The number of sulfone groups is 1. The van der Waals surface area contributed by atoms with Crippen LogP contribution in [-0.4, -0.2) is 38.2 Å². The highest BCUT2D eigenvalue weighted by molar-refractivity contribution is 7.91. The molecule has 1 N–H and O–H groups in total. The van der Waals surface area contributed by atoms with Crippen molar-refractivity contribution in [2.75, 3.05) is 5.75 Å². The molecule has 1 fully saturated rings. The predicted octanol–water partition coefficient (Wildman–Crippen LogP) is 1.30. The summed E-state index contributed by atoms with van der Waals surface area (Å²) < 4.78 is 29.1. The van der Waals surface area contributed by atoms with E-state index < -0.39 is 21.9 Å². The van der Waals surface area contributed by atoms with Crippen LogP contribution in [0.4, 0.5) is 0 Å². The lowest BCUT2D eigenvalue weighted by atomic mass is 10.2. The zero-order chi connectivity index (χ0) is 16.3. The van der Waals surface area contributed by atoms with Crippen LogP contribution in [-0.2, 0) is 19.4 Å². The Morgan fingerprint density at radius 3 is 2.55 bits per heavy atom. The Morgan fingerprint density at radius 1 is 1.32 bits per heavy atom. The Hall–Kier alpha value is -1.89. The molecule has 0 unspecified atom stereocenters. The van der Waals surface area contributed by atoms with Gasteiger partial charge in [0.15, 0.2) is 15.9 Å². The molecule has 0 aromatic heterocycles. The van der Waals surface area contributed by atoms with Crippen molar-refractivity contribution >= 4 is 21.7 Å². The monoisotopic (exact) mass is 325 g/mol. The predicted molar refractivity (Wildman–Crippen MR) is 80.2 cm³/mol. The number of hydrogen-bond acceptors (Lipinski definition) is 5. The van der Waals surface area contributed by atoms with E-state index in [-0.39, 0.29) is 28.2 Å². The molecule has 120 valence electrons. The summed E-state index contributed by atoms with van der Waals surface area (Å²) in [5, 5.41) is 2.73. The van der Waals surface area contributed by atoms with Crippen LogP contribution in [0.2, 0.25) is 0 Å². The van der Waals surface area contributed by atoms with Crippen molar-refractivity contribution in [1.29, 1.82) is 0 Å². The van der Waals surface area contributed by atoms with Gasteiger partial charge < -0.3 is 10.1 Å². The van der Waals surface area contributed by atoms with Gasteiger partial charge in [-0.1, -0.05) is 19.1 Å². The van der Waals surface area contributed by atoms with Crippen LogP contribution >= 0.6 is 0 Å². The molecule has 1 atom stereocenters. The summed E-state index contributed by atoms with van der Waals surface area (Å²) in [6.45, 7) is 2.97. The summed E-state index contributed by atoms with van der Waals surface area (Å²) >= 11 is 0. The summed E-state index contributed by atoms with van der Waals surface area (Å²) in [6.07, 6.45) is 0.902. The van der Waals surface area contributed by atoms with Crippen molar-refractivity contribution in [3.05, 3.63) is 29.8 Å². The lowest BCUT2D eigenvalue weighted by molar-refractivity contribution is -0.129. The average Bonchev–Trinajstić information content (AvgIpc) is 3.31. The van der Waals surface area contributed by atoms with Gasteiger partial charge in [0.05, 0.1) is 16.2 Å². The maximum atomic E-state index is 12.2. The Labute approximate surface area is 129 Å². The lowest BCUT2D eigenvalue weighted by Crippen LogP contribution is -2.37. The first-order valence-corrected chi connectivity index (χ1v) is 8.83. The number of esters is 1. The highest BCUT2D eigenvalue weighted by atomic mass is 32.2. The zero-order valence-corrected chi connectivity index (χ0v) is 13.4. The summed E-state index contributed by atoms with van der Waals surface area (Å²) in [6, 6.07) is 6.02. The van der Waals surface area contributed by atoms with Crippen LogP contribution in [0, 0.1) is 0 Å². The molecule has 1 aliphatic carbocycles. The molecule has 0 aliphatic heterocycles. The van der Waals surface area contributed by atoms with E-state index in [1.807, 2.05) is 0 Å². The number of nitrogens with one attached hydrogen (secondary N) is 1. The molecular weight excluding hydrogens is 306 g/mol. The van der Waals surface area contributed by atoms with Gasteiger partial charge in [-0.15, -0.1) is 0 Å². The largest absolute Gasteiger partial charge is 0.449 e. The topological polar surface area (TPSA) is 89.5 Å². The van der Waals surface area contributed by atoms with Gasteiger partial charge in [0, 0.05) is 6.04 Å². The number of rotatable bonds is 6. The van der Waals surface area contributed by atoms with Crippen LogP contribution in [0.25, 0.3) is 0 Å². The van der Waals surface area contributed by atoms with Crippen LogP contribution < -0.4 is 5.32 Å². The van der Waals surface area contributed by atoms with Gasteiger partial charge in [-0.05, 0) is 31.9 Å². The SMILES string of the molecule is CCS(=O)(=O)c1ccccc1C(=O)O[C@@H](C)C(=O)NC1CC1. The van der Waals surface area contributed by atoms with Gasteiger partial charge >= 0.3 is 5.97 Å². The first-order valence-electron chi connectivity index (χ1n) is 7.18. The molecule has 0 saturated heterocycles. The molecule has 2 rings (SSSR count). The summed E-state index contributed by atoms with van der Waals surface area (Å²) in [4.78, 5) is 23.9. The third-order valence-electron chi connectivity index (χ3n) is 3.40. The van der Waals surface area contributed by atoms with E-state index in [1.165, 1.54) is 26.0 Å². The molecular formula is C15H19NO5S. The second-order valence-electron chi connectivity index (χ2n) is 5.23. The molecule has 22 heavy (non-hydrogen) atoms. The molecule has 0 heterocycles. The Balaban J connectivity index is 2.14. The van der Waals surface area contributed by atoms with Crippen molar-refractivity contribution < 1.29 is 22.7 Å². The minimum atomic E-state index is -3.54. The molecule has 0 radical (unpaired) electrons. The van der Waals surface area contributed by atoms with Crippen molar-refractivity contribution in [2.45, 2.75) is 43.7 Å². The Bertz CT molecular complexity index is 679.